The highest BCUT2D eigenvalue weighted by molar-refractivity contribution is 5.88. The van der Waals surface area contributed by atoms with E-state index < -0.39 is 24.0 Å². The van der Waals surface area contributed by atoms with Gasteiger partial charge in [0.1, 0.15) is 0 Å². The summed E-state index contributed by atoms with van der Waals surface area (Å²) < 4.78 is 9.72. The number of unbranched alkanes of at least 4 members (excludes halogenated alkanes) is 8. The van der Waals surface area contributed by atoms with Gasteiger partial charge in [0, 0.05) is 11.1 Å². The number of esters is 2. The molecule has 0 bridgehead atoms. The van der Waals surface area contributed by atoms with E-state index >= 15 is 0 Å². The molecular formula is C21H36O6. The fraction of sp³-hybridized carbons (Fsp3) is 0.714. The van der Waals surface area contributed by atoms with E-state index in [2.05, 4.69) is 24.8 Å². The van der Waals surface area contributed by atoms with Crippen molar-refractivity contribution in [2.75, 3.05) is 0 Å². The van der Waals surface area contributed by atoms with Crippen LogP contribution < -0.4 is 0 Å². The molecule has 0 aliphatic rings. The van der Waals surface area contributed by atoms with Gasteiger partial charge in [-0.25, -0.2) is 9.59 Å². The van der Waals surface area contributed by atoms with Gasteiger partial charge in [0.25, 0.3) is 0 Å². The Morgan fingerprint density at radius 2 is 1.30 bits per heavy atom. The molecule has 0 heterocycles. The Labute approximate surface area is 163 Å². The van der Waals surface area contributed by atoms with Crippen molar-refractivity contribution in [2.45, 2.75) is 97.1 Å². The summed E-state index contributed by atoms with van der Waals surface area (Å²) in [7, 11) is 0. The normalized spacial score (nSPS) is 12.3. The summed E-state index contributed by atoms with van der Waals surface area (Å²) in [6, 6.07) is 0. The zero-order valence-corrected chi connectivity index (χ0v) is 17.1. The molecule has 0 aliphatic carbocycles. The lowest BCUT2D eigenvalue weighted by Crippen LogP contribution is -2.48. The Bertz CT molecular complexity index is 495. The van der Waals surface area contributed by atoms with Crippen LogP contribution in [0.4, 0.5) is 0 Å². The van der Waals surface area contributed by atoms with E-state index in [1.54, 1.807) is 0 Å². The number of carbonyl (C=O) groups is 2. The maximum Gasteiger partial charge on any atom is 0.363 e. The van der Waals surface area contributed by atoms with Gasteiger partial charge in [-0.1, -0.05) is 71.4 Å². The Balaban J connectivity index is 4.51. The molecule has 0 rings (SSSR count). The van der Waals surface area contributed by atoms with Crippen LogP contribution in [-0.4, -0.2) is 34.2 Å². The molecule has 1 unspecified atom stereocenters. The summed E-state index contributed by atoms with van der Waals surface area (Å²) in [5.74, 6) is -4.65. The Morgan fingerprint density at radius 1 is 0.852 bits per heavy atom. The van der Waals surface area contributed by atoms with Crippen molar-refractivity contribution in [3.63, 3.8) is 0 Å². The fourth-order valence-corrected chi connectivity index (χ4v) is 2.48. The highest BCUT2D eigenvalue weighted by Crippen LogP contribution is 2.22. The van der Waals surface area contributed by atoms with Crippen molar-refractivity contribution in [3.8, 4) is 0 Å². The van der Waals surface area contributed by atoms with E-state index in [-0.39, 0.29) is 17.6 Å². The first kappa shape index (κ1) is 25.3. The van der Waals surface area contributed by atoms with Crippen LogP contribution in [0.2, 0.25) is 0 Å². The molecule has 0 fully saturated rings. The van der Waals surface area contributed by atoms with Crippen LogP contribution in [0.3, 0.4) is 0 Å². The van der Waals surface area contributed by atoms with Crippen LogP contribution in [0.15, 0.2) is 24.3 Å². The highest BCUT2D eigenvalue weighted by Gasteiger charge is 2.42. The Hall–Kier alpha value is -1.66. The van der Waals surface area contributed by atoms with Gasteiger partial charge in [0.05, 0.1) is 0 Å². The molecule has 2 N–H and O–H groups in total. The zero-order valence-electron chi connectivity index (χ0n) is 17.1. The van der Waals surface area contributed by atoms with E-state index in [9.17, 15) is 19.8 Å². The molecule has 0 saturated heterocycles. The standard InChI is InChI=1S/C21H36O6/c1-6-7-8-9-10-11-12-13-14-15-18(26-19(22)16(2)3)21(24,25)27-20(23)17(4)5/h18,24-25H,2,4,6-15H2,1,3,5H3. The van der Waals surface area contributed by atoms with E-state index in [1.165, 1.54) is 46.0 Å². The molecule has 0 aromatic carbocycles. The summed E-state index contributed by atoms with van der Waals surface area (Å²) in [4.78, 5) is 23.4. The van der Waals surface area contributed by atoms with Crippen molar-refractivity contribution in [2.24, 2.45) is 0 Å². The van der Waals surface area contributed by atoms with Gasteiger partial charge in [-0.15, -0.1) is 0 Å². The second-order valence-electron chi connectivity index (χ2n) is 7.12. The van der Waals surface area contributed by atoms with Crippen LogP contribution in [0.5, 0.6) is 0 Å². The third-order valence-electron chi connectivity index (χ3n) is 4.18. The predicted octanol–water partition coefficient (Wildman–Crippen LogP) is 4.15. The highest BCUT2D eigenvalue weighted by atomic mass is 16.8. The maximum absolute atomic E-state index is 11.8. The minimum atomic E-state index is -2.92. The third-order valence-corrected chi connectivity index (χ3v) is 4.18. The molecule has 0 radical (unpaired) electrons. The molecular weight excluding hydrogens is 348 g/mol. The van der Waals surface area contributed by atoms with Gasteiger partial charge >= 0.3 is 17.9 Å². The van der Waals surface area contributed by atoms with Crippen LogP contribution >= 0.6 is 0 Å². The summed E-state index contributed by atoms with van der Waals surface area (Å²) in [5.41, 5.74) is 0.129. The first-order chi connectivity index (χ1) is 12.6. The number of hydrogen-bond acceptors (Lipinski definition) is 6. The molecule has 0 aliphatic heterocycles. The van der Waals surface area contributed by atoms with Gasteiger partial charge < -0.3 is 19.7 Å². The quantitative estimate of drug-likeness (QED) is 0.191. The van der Waals surface area contributed by atoms with Crippen LogP contribution in [0, 0.1) is 0 Å². The summed E-state index contributed by atoms with van der Waals surface area (Å²) >= 11 is 0. The lowest BCUT2D eigenvalue weighted by molar-refractivity contribution is -0.358. The molecule has 0 aromatic heterocycles. The first-order valence-corrected chi connectivity index (χ1v) is 9.81. The van der Waals surface area contributed by atoms with Crippen LogP contribution in [-0.2, 0) is 19.1 Å². The summed E-state index contributed by atoms with van der Waals surface area (Å²) in [5, 5.41) is 20.2. The lowest BCUT2D eigenvalue weighted by Gasteiger charge is -2.30. The molecule has 156 valence electrons. The SMILES string of the molecule is C=C(C)C(=O)OC(CCCCCCCCCCC)C(O)(O)OC(=O)C(=C)C. The number of aliphatic hydroxyl groups is 2. The molecule has 6 heteroatoms. The van der Waals surface area contributed by atoms with Gasteiger partial charge in [-0.05, 0) is 26.7 Å². The summed E-state index contributed by atoms with van der Waals surface area (Å²) in [6.45, 7) is 11.9. The number of ether oxygens (including phenoxy) is 2. The van der Waals surface area contributed by atoms with Gasteiger partial charge in [0.15, 0.2) is 6.10 Å². The molecule has 0 amide bonds. The minimum Gasteiger partial charge on any atom is -0.449 e. The van der Waals surface area contributed by atoms with Crippen molar-refractivity contribution in [1.29, 1.82) is 0 Å². The van der Waals surface area contributed by atoms with Crippen LogP contribution in [0.1, 0.15) is 85.0 Å². The molecule has 1 atom stereocenters. The Morgan fingerprint density at radius 3 is 1.74 bits per heavy atom. The summed E-state index contributed by atoms with van der Waals surface area (Å²) in [6.07, 6.45) is 8.56. The van der Waals surface area contributed by atoms with Crippen molar-refractivity contribution in [3.05, 3.63) is 24.3 Å². The minimum absolute atomic E-state index is 0.00975. The monoisotopic (exact) mass is 384 g/mol. The zero-order chi connectivity index (χ0) is 20.9. The largest absolute Gasteiger partial charge is 0.449 e. The molecule has 0 saturated carbocycles. The van der Waals surface area contributed by atoms with Crippen molar-refractivity contribution >= 4 is 11.9 Å². The van der Waals surface area contributed by atoms with Crippen LogP contribution in [0.25, 0.3) is 0 Å². The fourth-order valence-electron chi connectivity index (χ4n) is 2.48. The average molecular weight is 385 g/mol. The molecule has 6 nitrogen and oxygen atoms in total. The lowest BCUT2D eigenvalue weighted by atomic mass is 10.0. The number of rotatable bonds is 15. The maximum atomic E-state index is 11.8. The predicted molar refractivity (Wildman–Crippen MR) is 105 cm³/mol. The average Bonchev–Trinajstić information content (AvgIpc) is 2.58. The second-order valence-corrected chi connectivity index (χ2v) is 7.12. The smallest absolute Gasteiger partial charge is 0.363 e. The molecule has 27 heavy (non-hydrogen) atoms. The number of hydrogen-bond donors (Lipinski definition) is 2. The van der Waals surface area contributed by atoms with Gasteiger partial charge in [-0.2, -0.15) is 0 Å². The molecule has 0 spiro atoms. The first-order valence-electron chi connectivity index (χ1n) is 9.81. The van der Waals surface area contributed by atoms with Gasteiger partial charge in [-0.3, -0.25) is 0 Å². The second kappa shape index (κ2) is 13.5. The van der Waals surface area contributed by atoms with E-state index in [4.69, 9.17) is 4.74 Å². The van der Waals surface area contributed by atoms with Crippen molar-refractivity contribution < 1.29 is 29.3 Å². The topological polar surface area (TPSA) is 93.1 Å². The third kappa shape index (κ3) is 11.6. The Kier molecular flexibility index (Phi) is 12.7. The van der Waals surface area contributed by atoms with Gasteiger partial charge in [0.2, 0.25) is 0 Å². The van der Waals surface area contributed by atoms with E-state index in [0.717, 1.165) is 19.3 Å². The number of carbonyl (C=O) groups excluding carboxylic acids is 2. The van der Waals surface area contributed by atoms with Crippen molar-refractivity contribution in [1.82, 2.24) is 0 Å². The molecule has 0 aromatic rings. The van der Waals surface area contributed by atoms with E-state index in [0.29, 0.717) is 6.42 Å². The van der Waals surface area contributed by atoms with E-state index in [1.807, 2.05) is 0 Å².